The van der Waals surface area contributed by atoms with E-state index in [1.165, 1.54) is 12.1 Å². The third-order valence-electron chi connectivity index (χ3n) is 1.49. The molecule has 0 bridgehead atoms. The van der Waals surface area contributed by atoms with Crippen LogP contribution in [0.15, 0.2) is 21.1 Å². The van der Waals surface area contributed by atoms with Crippen molar-refractivity contribution in [1.82, 2.24) is 0 Å². The molecule has 2 nitrogen and oxygen atoms in total. The highest BCUT2D eigenvalue weighted by Gasteiger charge is 2.16. The molecule has 0 N–H and O–H groups in total. The van der Waals surface area contributed by atoms with Crippen molar-refractivity contribution in [1.29, 1.82) is 0 Å². The average Bonchev–Trinajstić information content (AvgIpc) is 2.11. The standard InChI is InChI=1S/C9H7Br2FO2/c1-2-14-9(13)6-3-5(10)4-7(11)8(6)12/h3-4H,2H2,1H3. The van der Waals surface area contributed by atoms with Crippen LogP contribution in [0.2, 0.25) is 0 Å². The summed E-state index contributed by atoms with van der Waals surface area (Å²) in [6.45, 7) is 1.89. The molecular weight excluding hydrogens is 319 g/mol. The zero-order valence-electron chi connectivity index (χ0n) is 7.31. The molecule has 5 heteroatoms. The van der Waals surface area contributed by atoms with Crippen LogP contribution >= 0.6 is 31.9 Å². The lowest BCUT2D eigenvalue weighted by Crippen LogP contribution is -2.07. The second kappa shape index (κ2) is 4.89. The molecule has 76 valence electrons. The minimum absolute atomic E-state index is 0.0758. The topological polar surface area (TPSA) is 26.3 Å². The molecule has 0 heterocycles. The van der Waals surface area contributed by atoms with Gasteiger partial charge in [0.15, 0.2) is 5.82 Å². The second-order valence-corrected chi connectivity index (χ2v) is 4.24. The van der Waals surface area contributed by atoms with Crippen molar-refractivity contribution in [3.05, 3.63) is 32.5 Å². The van der Waals surface area contributed by atoms with Gasteiger partial charge < -0.3 is 4.74 Å². The van der Waals surface area contributed by atoms with Gasteiger partial charge >= 0.3 is 5.97 Å². The molecule has 0 saturated heterocycles. The van der Waals surface area contributed by atoms with Gasteiger partial charge in [0.2, 0.25) is 0 Å². The van der Waals surface area contributed by atoms with E-state index in [9.17, 15) is 9.18 Å². The Hall–Kier alpha value is -0.420. The maximum absolute atomic E-state index is 13.4. The van der Waals surface area contributed by atoms with E-state index in [2.05, 4.69) is 31.9 Å². The van der Waals surface area contributed by atoms with Crippen LogP contribution in [0.25, 0.3) is 0 Å². The molecule has 0 amide bonds. The van der Waals surface area contributed by atoms with Gasteiger partial charge in [0.05, 0.1) is 16.6 Å². The van der Waals surface area contributed by atoms with Crippen molar-refractivity contribution in [3.8, 4) is 0 Å². The molecule has 1 aromatic rings. The summed E-state index contributed by atoms with van der Waals surface area (Å²) in [5.41, 5.74) is -0.0758. The zero-order chi connectivity index (χ0) is 10.7. The van der Waals surface area contributed by atoms with Crippen LogP contribution in [0, 0.1) is 5.82 Å². The fourth-order valence-electron chi connectivity index (χ4n) is 0.913. The van der Waals surface area contributed by atoms with Gasteiger partial charge in [0.1, 0.15) is 0 Å². The summed E-state index contributed by atoms with van der Waals surface area (Å²) in [5.74, 6) is -1.27. The number of rotatable bonds is 2. The van der Waals surface area contributed by atoms with E-state index < -0.39 is 11.8 Å². The van der Waals surface area contributed by atoms with Gasteiger partial charge in [-0.05, 0) is 35.0 Å². The molecule has 0 aromatic heterocycles. The van der Waals surface area contributed by atoms with Gasteiger partial charge in [-0.2, -0.15) is 0 Å². The summed E-state index contributed by atoms with van der Waals surface area (Å²) >= 11 is 6.17. The Morgan fingerprint density at radius 3 is 2.71 bits per heavy atom. The van der Waals surface area contributed by atoms with Crippen LogP contribution in [0.4, 0.5) is 4.39 Å². The van der Waals surface area contributed by atoms with E-state index in [0.29, 0.717) is 4.47 Å². The first kappa shape index (κ1) is 11.7. The van der Waals surface area contributed by atoms with Crippen LogP contribution in [-0.2, 0) is 4.74 Å². The summed E-state index contributed by atoms with van der Waals surface area (Å²) in [6, 6.07) is 2.91. The van der Waals surface area contributed by atoms with E-state index in [-0.39, 0.29) is 16.6 Å². The quantitative estimate of drug-likeness (QED) is 0.614. The van der Waals surface area contributed by atoms with Crippen molar-refractivity contribution in [2.75, 3.05) is 6.61 Å². The lowest BCUT2D eigenvalue weighted by Gasteiger charge is -2.05. The van der Waals surface area contributed by atoms with Crippen molar-refractivity contribution in [3.63, 3.8) is 0 Å². The lowest BCUT2D eigenvalue weighted by atomic mass is 10.2. The van der Waals surface area contributed by atoms with Gasteiger partial charge in [-0.1, -0.05) is 15.9 Å². The number of carbonyl (C=O) groups excluding carboxylic acids is 1. The van der Waals surface area contributed by atoms with E-state index in [0.717, 1.165) is 0 Å². The summed E-state index contributed by atoms with van der Waals surface area (Å²) < 4.78 is 18.9. The number of carbonyl (C=O) groups is 1. The molecule has 1 aromatic carbocycles. The highest BCUT2D eigenvalue weighted by Crippen LogP contribution is 2.25. The van der Waals surface area contributed by atoms with E-state index in [1.807, 2.05) is 0 Å². The largest absolute Gasteiger partial charge is 0.462 e. The fourth-order valence-corrected chi connectivity index (χ4v) is 2.14. The van der Waals surface area contributed by atoms with Gasteiger partial charge in [0, 0.05) is 4.47 Å². The zero-order valence-corrected chi connectivity index (χ0v) is 10.5. The Morgan fingerprint density at radius 1 is 1.50 bits per heavy atom. The summed E-state index contributed by atoms with van der Waals surface area (Å²) in [7, 11) is 0. The first-order chi connectivity index (χ1) is 6.56. The van der Waals surface area contributed by atoms with E-state index >= 15 is 0 Å². The van der Waals surface area contributed by atoms with Crippen molar-refractivity contribution < 1.29 is 13.9 Å². The Balaban J connectivity index is 3.13. The molecule has 0 aliphatic heterocycles. The average molecular weight is 326 g/mol. The predicted molar refractivity (Wildman–Crippen MR) is 57.8 cm³/mol. The molecule has 0 fully saturated rings. The minimum Gasteiger partial charge on any atom is -0.462 e. The van der Waals surface area contributed by atoms with Crippen molar-refractivity contribution >= 4 is 37.8 Å². The fraction of sp³-hybridized carbons (Fsp3) is 0.222. The van der Waals surface area contributed by atoms with Crippen molar-refractivity contribution in [2.24, 2.45) is 0 Å². The number of hydrogen-bond donors (Lipinski definition) is 0. The van der Waals surface area contributed by atoms with Crippen LogP contribution in [-0.4, -0.2) is 12.6 Å². The van der Waals surface area contributed by atoms with Gasteiger partial charge in [-0.3, -0.25) is 0 Å². The van der Waals surface area contributed by atoms with Gasteiger partial charge in [-0.15, -0.1) is 0 Å². The Kier molecular flexibility index (Phi) is 4.07. The molecular formula is C9H7Br2FO2. The first-order valence-electron chi connectivity index (χ1n) is 3.88. The third kappa shape index (κ3) is 2.54. The maximum Gasteiger partial charge on any atom is 0.341 e. The molecule has 0 radical (unpaired) electrons. The monoisotopic (exact) mass is 324 g/mol. The molecule has 0 atom stereocenters. The number of ether oxygens (including phenoxy) is 1. The molecule has 0 aliphatic rings. The predicted octanol–water partition coefficient (Wildman–Crippen LogP) is 3.53. The van der Waals surface area contributed by atoms with Crippen LogP contribution < -0.4 is 0 Å². The first-order valence-corrected chi connectivity index (χ1v) is 5.46. The molecule has 14 heavy (non-hydrogen) atoms. The summed E-state index contributed by atoms with van der Waals surface area (Å²) in [5, 5.41) is 0. The summed E-state index contributed by atoms with van der Waals surface area (Å²) in [6.07, 6.45) is 0. The van der Waals surface area contributed by atoms with E-state index in [1.54, 1.807) is 6.92 Å². The van der Waals surface area contributed by atoms with Gasteiger partial charge in [-0.25, -0.2) is 9.18 Å². The lowest BCUT2D eigenvalue weighted by molar-refractivity contribution is 0.0521. The Bertz CT molecular complexity index is 366. The smallest absolute Gasteiger partial charge is 0.341 e. The molecule has 0 spiro atoms. The minimum atomic E-state index is -0.660. The highest BCUT2D eigenvalue weighted by atomic mass is 79.9. The molecule has 0 unspecified atom stereocenters. The molecule has 0 saturated carbocycles. The number of hydrogen-bond acceptors (Lipinski definition) is 2. The van der Waals surface area contributed by atoms with Crippen LogP contribution in [0.1, 0.15) is 17.3 Å². The third-order valence-corrected chi connectivity index (χ3v) is 2.52. The Morgan fingerprint density at radius 2 is 2.14 bits per heavy atom. The SMILES string of the molecule is CCOC(=O)c1cc(Br)cc(Br)c1F. The number of benzene rings is 1. The number of halogens is 3. The van der Waals surface area contributed by atoms with Crippen LogP contribution in [0.3, 0.4) is 0 Å². The molecule has 0 aliphatic carbocycles. The second-order valence-electron chi connectivity index (χ2n) is 2.47. The maximum atomic E-state index is 13.4. The molecule has 1 rings (SSSR count). The van der Waals surface area contributed by atoms with Gasteiger partial charge in [0.25, 0.3) is 0 Å². The normalized spacial score (nSPS) is 10.0. The Labute approximate surface area is 97.7 Å². The number of esters is 1. The highest BCUT2D eigenvalue weighted by molar-refractivity contribution is 9.11. The van der Waals surface area contributed by atoms with Crippen LogP contribution in [0.5, 0.6) is 0 Å². The summed E-state index contributed by atoms with van der Waals surface area (Å²) in [4.78, 5) is 11.3. The van der Waals surface area contributed by atoms with Crippen molar-refractivity contribution in [2.45, 2.75) is 6.92 Å². The van der Waals surface area contributed by atoms with E-state index in [4.69, 9.17) is 4.74 Å².